The van der Waals surface area contributed by atoms with Crippen molar-refractivity contribution in [1.82, 2.24) is 9.80 Å². The van der Waals surface area contributed by atoms with Gasteiger partial charge in [0.15, 0.2) is 0 Å². The Morgan fingerprint density at radius 2 is 1.95 bits per heavy atom. The van der Waals surface area contributed by atoms with Gasteiger partial charge in [-0.15, -0.1) is 0 Å². The monoisotopic (exact) mass is 299 g/mol. The fourth-order valence-electron chi connectivity index (χ4n) is 4.00. The second kappa shape index (κ2) is 5.36. The van der Waals surface area contributed by atoms with E-state index in [0.29, 0.717) is 6.54 Å². The van der Waals surface area contributed by atoms with Crippen LogP contribution in [0.2, 0.25) is 0 Å². The van der Waals surface area contributed by atoms with Crippen LogP contribution < -0.4 is 4.90 Å². The average molecular weight is 299 g/mol. The molecule has 1 aromatic carbocycles. The number of benzene rings is 1. The Kier molecular flexibility index (Phi) is 3.46. The fourth-order valence-corrected chi connectivity index (χ4v) is 4.00. The Morgan fingerprint density at radius 3 is 2.68 bits per heavy atom. The van der Waals surface area contributed by atoms with Crippen molar-refractivity contribution in [2.75, 3.05) is 44.7 Å². The molecule has 0 bridgehead atoms. The highest BCUT2D eigenvalue weighted by atomic mass is 16.2. The molecule has 1 spiro atoms. The van der Waals surface area contributed by atoms with Gasteiger partial charge in [-0.2, -0.15) is 0 Å². The van der Waals surface area contributed by atoms with Crippen LogP contribution in [0.1, 0.15) is 19.3 Å². The minimum Gasteiger partial charge on any atom is -0.309 e. The number of rotatable bonds is 3. The summed E-state index contributed by atoms with van der Waals surface area (Å²) in [6.45, 7) is 4.91. The van der Waals surface area contributed by atoms with Gasteiger partial charge in [0.05, 0.1) is 12.1 Å². The zero-order chi connectivity index (χ0) is 15.2. The van der Waals surface area contributed by atoms with Crippen molar-refractivity contribution in [2.24, 2.45) is 5.92 Å². The van der Waals surface area contributed by atoms with Gasteiger partial charge >= 0.3 is 0 Å². The molecule has 1 aliphatic carbocycles. The Hall–Kier alpha value is -1.39. The summed E-state index contributed by atoms with van der Waals surface area (Å²) in [4.78, 5) is 19.4. The van der Waals surface area contributed by atoms with Crippen LogP contribution in [-0.4, -0.2) is 61.0 Å². The second-order valence-electron chi connectivity index (χ2n) is 7.32. The van der Waals surface area contributed by atoms with Gasteiger partial charge in [-0.1, -0.05) is 18.2 Å². The number of likely N-dealkylation sites (N-methyl/N-ethyl adjacent to an activating group) is 1. The molecule has 2 aliphatic heterocycles. The maximum atomic E-state index is 12.5. The first-order valence-electron chi connectivity index (χ1n) is 8.45. The van der Waals surface area contributed by atoms with Gasteiger partial charge in [0.1, 0.15) is 0 Å². The number of hydrogen-bond donors (Lipinski definition) is 0. The highest BCUT2D eigenvalue weighted by molar-refractivity contribution is 5.96. The lowest BCUT2D eigenvalue weighted by molar-refractivity contribution is -0.123. The molecule has 4 nitrogen and oxygen atoms in total. The molecule has 3 fully saturated rings. The summed E-state index contributed by atoms with van der Waals surface area (Å²) in [6.07, 6.45) is 3.99. The van der Waals surface area contributed by atoms with E-state index in [1.807, 2.05) is 35.2 Å². The quantitative estimate of drug-likeness (QED) is 0.852. The van der Waals surface area contributed by atoms with Crippen LogP contribution in [-0.2, 0) is 4.79 Å². The van der Waals surface area contributed by atoms with Gasteiger partial charge in [0.25, 0.3) is 0 Å². The molecule has 4 rings (SSSR count). The largest absolute Gasteiger partial charge is 0.309 e. The number of nitrogens with zero attached hydrogens (tertiary/aromatic N) is 3. The van der Waals surface area contributed by atoms with Gasteiger partial charge in [0.2, 0.25) is 5.91 Å². The smallest absolute Gasteiger partial charge is 0.241 e. The minimum atomic E-state index is 0.138. The van der Waals surface area contributed by atoms with Crippen LogP contribution in [0.15, 0.2) is 30.3 Å². The van der Waals surface area contributed by atoms with Crippen molar-refractivity contribution >= 4 is 11.6 Å². The molecule has 2 heterocycles. The summed E-state index contributed by atoms with van der Waals surface area (Å²) in [5, 5.41) is 0. The minimum absolute atomic E-state index is 0.138. The zero-order valence-corrected chi connectivity index (χ0v) is 13.4. The first kappa shape index (κ1) is 14.2. The van der Waals surface area contributed by atoms with Gasteiger partial charge in [-0.05, 0) is 44.4 Å². The van der Waals surface area contributed by atoms with Gasteiger partial charge in [0, 0.05) is 31.9 Å². The normalized spacial score (nSPS) is 30.4. The van der Waals surface area contributed by atoms with E-state index in [-0.39, 0.29) is 11.4 Å². The van der Waals surface area contributed by atoms with Crippen molar-refractivity contribution in [2.45, 2.75) is 24.8 Å². The summed E-state index contributed by atoms with van der Waals surface area (Å²) >= 11 is 0. The molecule has 1 aromatic rings. The molecule has 1 atom stereocenters. The first-order chi connectivity index (χ1) is 10.7. The highest BCUT2D eigenvalue weighted by Gasteiger charge is 2.48. The number of amides is 1. The number of piperazine rings is 1. The number of para-hydroxylation sites is 1. The Bertz CT molecular complexity index is 557. The predicted molar refractivity (Wildman–Crippen MR) is 87.9 cm³/mol. The lowest BCUT2D eigenvalue weighted by Crippen LogP contribution is -2.64. The molecule has 22 heavy (non-hydrogen) atoms. The van der Waals surface area contributed by atoms with Crippen LogP contribution in [0.25, 0.3) is 0 Å². The van der Waals surface area contributed by atoms with Gasteiger partial charge in [-0.3, -0.25) is 9.69 Å². The van der Waals surface area contributed by atoms with Crippen LogP contribution in [0.5, 0.6) is 0 Å². The molecule has 0 aromatic heterocycles. The maximum Gasteiger partial charge on any atom is 0.241 e. The summed E-state index contributed by atoms with van der Waals surface area (Å²) in [5.41, 5.74) is 1.18. The summed E-state index contributed by atoms with van der Waals surface area (Å²) < 4.78 is 0. The Morgan fingerprint density at radius 1 is 1.18 bits per heavy atom. The molecular weight excluding hydrogens is 274 g/mol. The van der Waals surface area contributed by atoms with E-state index >= 15 is 0 Å². The number of carbonyl (C=O) groups excluding carboxylic acids is 1. The van der Waals surface area contributed by atoms with Crippen molar-refractivity contribution in [3.63, 3.8) is 0 Å². The third kappa shape index (κ3) is 2.55. The van der Waals surface area contributed by atoms with Crippen LogP contribution in [0, 0.1) is 5.92 Å². The maximum absolute atomic E-state index is 12.5. The third-order valence-electron chi connectivity index (χ3n) is 5.63. The molecule has 118 valence electrons. The molecule has 0 N–H and O–H groups in total. The van der Waals surface area contributed by atoms with E-state index in [9.17, 15) is 4.79 Å². The molecule has 0 unspecified atom stereocenters. The number of carbonyl (C=O) groups is 1. The van der Waals surface area contributed by atoms with E-state index in [1.165, 1.54) is 32.4 Å². The van der Waals surface area contributed by atoms with Gasteiger partial charge in [-0.25, -0.2) is 0 Å². The fraction of sp³-hybridized carbons (Fsp3) is 0.611. The molecule has 0 radical (unpaired) electrons. The van der Waals surface area contributed by atoms with Crippen molar-refractivity contribution in [1.29, 1.82) is 0 Å². The van der Waals surface area contributed by atoms with E-state index < -0.39 is 0 Å². The summed E-state index contributed by atoms with van der Waals surface area (Å²) in [6, 6.07) is 10.1. The topological polar surface area (TPSA) is 26.8 Å². The molecule has 1 saturated carbocycles. The lowest BCUT2D eigenvalue weighted by atomic mass is 9.92. The van der Waals surface area contributed by atoms with Crippen molar-refractivity contribution in [3.8, 4) is 0 Å². The molecule has 2 saturated heterocycles. The van der Waals surface area contributed by atoms with Crippen LogP contribution in [0.4, 0.5) is 5.69 Å². The third-order valence-corrected chi connectivity index (χ3v) is 5.63. The first-order valence-corrected chi connectivity index (χ1v) is 8.45. The lowest BCUT2D eigenvalue weighted by Gasteiger charge is -2.47. The van der Waals surface area contributed by atoms with E-state index in [4.69, 9.17) is 0 Å². The highest BCUT2D eigenvalue weighted by Crippen LogP contribution is 2.36. The van der Waals surface area contributed by atoms with E-state index in [1.54, 1.807) is 0 Å². The Labute approximate surface area is 132 Å². The molecular formula is C18H25N3O. The standard InChI is InChI=1S/C18H25N3O/c1-19-12-17(22)21(16-5-3-2-4-6-16)14-18(19)9-10-20(13-18)11-15-7-8-15/h2-6,15H,7-14H2,1H3/t18-/m0/s1. The van der Waals surface area contributed by atoms with E-state index in [2.05, 4.69) is 16.8 Å². The molecule has 1 amide bonds. The number of hydrogen-bond acceptors (Lipinski definition) is 3. The summed E-state index contributed by atoms with van der Waals surface area (Å²) in [7, 11) is 2.13. The summed E-state index contributed by atoms with van der Waals surface area (Å²) in [5.74, 6) is 1.16. The van der Waals surface area contributed by atoms with E-state index in [0.717, 1.165) is 24.7 Å². The van der Waals surface area contributed by atoms with Crippen LogP contribution >= 0.6 is 0 Å². The Balaban J connectivity index is 1.53. The predicted octanol–water partition coefficient (Wildman–Crippen LogP) is 1.82. The molecule has 4 heteroatoms. The average Bonchev–Trinajstić information content (AvgIpc) is 3.24. The van der Waals surface area contributed by atoms with Gasteiger partial charge < -0.3 is 9.80 Å². The second-order valence-corrected chi connectivity index (χ2v) is 7.32. The van der Waals surface area contributed by atoms with Crippen molar-refractivity contribution in [3.05, 3.63) is 30.3 Å². The molecule has 3 aliphatic rings. The SMILES string of the molecule is CN1CC(=O)N(c2ccccc2)C[C@@]12CCN(CC1CC1)C2. The number of anilines is 1. The van der Waals surface area contributed by atoms with Crippen LogP contribution in [0.3, 0.4) is 0 Å². The number of likely N-dealkylation sites (tertiary alicyclic amines) is 1. The zero-order valence-electron chi connectivity index (χ0n) is 13.4. The van der Waals surface area contributed by atoms with Crippen molar-refractivity contribution < 1.29 is 4.79 Å².